The van der Waals surface area contributed by atoms with Gasteiger partial charge in [0.05, 0.1) is 0 Å². The first-order chi connectivity index (χ1) is 5.72. The van der Waals surface area contributed by atoms with Crippen molar-refractivity contribution in [2.45, 2.75) is 38.7 Å². The summed E-state index contributed by atoms with van der Waals surface area (Å²) in [5.41, 5.74) is 0. The van der Waals surface area contributed by atoms with Crippen molar-refractivity contribution < 1.29 is 10.2 Å². The quantitative estimate of drug-likeness (QED) is 0.493. The predicted octanol–water partition coefficient (Wildman–Crippen LogP) is 1.51. The summed E-state index contributed by atoms with van der Waals surface area (Å²) in [6.45, 7) is 2.13. The zero-order valence-electron chi connectivity index (χ0n) is 7.45. The van der Waals surface area contributed by atoms with Gasteiger partial charge >= 0.3 is 0 Å². The van der Waals surface area contributed by atoms with Crippen LogP contribution < -0.4 is 0 Å². The van der Waals surface area contributed by atoms with Crippen LogP contribution in [0, 0.1) is 24.9 Å². The highest BCUT2D eigenvalue weighted by Gasteiger charge is 1.95. The fourth-order valence-electron chi connectivity index (χ4n) is 0.671. The molecular formula is C10H16O2. The summed E-state index contributed by atoms with van der Waals surface area (Å²) >= 11 is 0. The van der Waals surface area contributed by atoms with Crippen LogP contribution in [0.5, 0.6) is 0 Å². The molecular weight excluding hydrogens is 152 g/mol. The van der Waals surface area contributed by atoms with Crippen LogP contribution in [0.3, 0.4) is 0 Å². The fourth-order valence-corrected chi connectivity index (χ4v) is 0.671. The predicted molar refractivity (Wildman–Crippen MR) is 49.8 cm³/mol. The van der Waals surface area contributed by atoms with Crippen molar-refractivity contribution in [2.75, 3.05) is 0 Å². The minimum Gasteiger partial charge on any atom is -0.462 e. The summed E-state index contributed by atoms with van der Waals surface area (Å²) in [6.07, 6.45) is 14.0. The van der Waals surface area contributed by atoms with E-state index in [-0.39, 0.29) is 0 Å². The molecule has 0 rings (SSSR count). The first-order valence-corrected chi connectivity index (χ1v) is 3.96. The van der Waals surface area contributed by atoms with Crippen LogP contribution >= 0.6 is 0 Å². The summed E-state index contributed by atoms with van der Waals surface area (Å²) < 4.78 is 0. The minimum absolute atomic E-state index is 0.517. The van der Waals surface area contributed by atoms with E-state index in [1.165, 1.54) is 18.9 Å². The minimum atomic E-state index is -0.517. The average molecular weight is 168 g/mol. The molecule has 68 valence electrons. The van der Waals surface area contributed by atoms with E-state index in [4.69, 9.17) is 16.6 Å². The van der Waals surface area contributed by atoms with Gasteiger partial charge in [0.25, 0.3) is 0 Å². The molecule has 0 aromatic rings. The van der Waals surface area contributed by atoms with Crippen molar-refractivity contribution in [1.29, 1.82) is 0 Å². The maximum atomic E-state index is 8.85. The highest BCUT2D eigenvalue weighted by molar-refractivity contribution is 4.92. The van der Waals surface area contributed by atoms with Gasteiger partial charge in [-0.3, -0.25) is 0 Å². The Morgan fingerprint density at radius 3 is 2.17 bits per heavy atom. The van der Waals surface area contributed by atoms with Crippen molar-refractivity contribution in [2.24, 2.45) is 0 Å². The molecule has 0 aromatic heterocycles. The molecule has 2 N–H and O–H groups in total. The number of hydrogen-bond acceptors (Lipinski definition) is 2. The van der Waals surface area contributed by atoms with E-state index >= 15 is 0 Å². The number of aliphatic hydroxyl groups excluding tert-OH is 2. The lowest BCUT2D eigenvalue weighted by Gasteiger charge is -1.99. The van der Waals surface area contributed by atoms with Crippen LogP contribution in [0.25, 0.3) is 0 Å². The van der Waals surface area contributed by atoms with E-state index in [0.29, 0.717) is 0 Å². The lowest BCUT2D eigenvalue weighted by molar-refractivity contribution is 0.217. The highest BCUT2D eigenvalue weighted by atomic mass is 16.3. The molecule has 0 saturated heterocycles. The Hall–Kier alpha value is -1.12. The molecule has 0 fully saturated rings. The number of unbranched alkanes of at least 4 members (excludes halogenated alkanes) is 2. The maximum absolute atomic E-state index is 8.85. The Kier molecular flexibility index (Phi) is 14.1. The topological polar surface area (TPSA) is 40.5 Å². The molecule has 0 saturated carbocycles. The van der Waals surface area contributed by atoms with Gasteiger partial charge in [-0.05, 0) is 12.8 Å². The number of rotatable bonds is 4. The standard InChI is InChI=1S/C8H14O.C2H2O/c1-3-5-6-7-8(9)4-2;1-2-3/h2,8-9H,3,5-7H2,1H3;1,3H. The van der Waals surface area contributed by atoms with Gasteiger partial charge in [-0.25, -0.2) is 0 Å². The first-order valence-electron chi connectivity index (χ1n) is 3.96. The van der Waals surface area contributed by atoms with Gasteiger partial charge in [0.2, 0.25) is 0 Å². The van der Waals surface area contributed by atoms with Crippen molar-refractivity contribution in [3.8, 4) is 24.9 Å². The Balaban J connectivity index is 0. The molecule has 12 heavy (non-hydrogen) atoms. The fraction of sp³-hybridized carbons (Fsp3) is 0.600. The monoisotopic (exact) mass is 168 g/mol. The SMILES string of the molecule is C#CC(O)CCCCC.C#CO. The molecule has 2 heteroatoms. The largest absolute Gasteiger partial charge is 0.462 e. The van der Waals surface area contributed by atoms with E-state index in [2.05, 4.69) is 19.3 Å². The third-order valence-corrected chi connectivity index (χ3v) is 1.27. The van der Waals surface area contributed by atoms with E-state index in [1.54, 1.807) is 0 Å². The van der Waals surface area contributed by atoms with Crippen molar-refractivity contribution >= 4 is 0 Å². The zero-order chi connectivity index (χ0) is 9.82. The first kappa shape index (κ1) is 13.5. The van der Waals surface area contributed by atoms with Gasteiger partial charge in [0.15, 0.2) is 0 Å². The summed E-state index contributed by atoms with van der Waals surface area (Å²) in [6, 6.07) is 0. The van der Waals surface area contributed by atoms with Gasteiger partial charge in [-0.2, -0.15) is 0 Å². The van der Waals surface area contributed by atoms with Crippen LogP contribution in [-0.4, -0.2) is 16.3 Å². The molecule has 0 aromatic carbocycles. The van der Waals surface area contributed by atoms with E-state index < -0.39 is 6.10 Å². The molecule has 0 bridgehead atoms. The van der Waals surface area contributed by atoms with Crippen LogP contribution in [0.1, 0.15) is 32.6 Å². The molecule has 0 heterocycles. The molecule has 1 atom stereocenters. The molecule has 0 aliphatic heterocycles. The number of aliphatic hydroxyl groups is 2. The second kappa shape index (κ2) is 12.5. The summed E-state index contributed by atoms with van der Waals surface area (Å²) in [4.78, 5) is 0. The molecule has 0 amide bonds. The normalized spacial score (nSPS) is 10.0. The Bertz CT molecular complexity index is 150. The second-order valence-electron chi connectivity index (χ2n) is 2.31. The molecule has 0 aliphatic carbocycles. The molecule has 2 nitrogen and oxygen atoms in total. The second-order valence-corrected chi connectivity index (χ2v) is 2.31. The third-order valence-electron chi connectivity index (χ3n) is 1.27. The smallest absolute Gasteiger partial charge is 0.114 e. The van der Waals surface area contributed by atoms with Gasteiger partial charge in [-0.15, -0.1) is 6.42 Å². The molecule has 1 unspecified atom stereocenters. The van der Waals surface area contributed by atoms with E-state index in [0.717, 1.165) is 12.8 Å². The van der Waals surface area contributed by atoms with E-state index in [9.17, 15) is 0 Å². The Labute approximate surface area is 74.6 Å². The highest BCUT2D eigenvalue weighted by Crippen LogP contribution is 2.01. The van der Waals surface area contributed by atoms with Gasteiger partial charge in [0, 0.05) is 0 Å². The Morgan fingerprint density at radius 1 is 1.33 bits per heavy atom. The molecule has 0 spiro atoms. The van der Waals surface area contributed by atoms with Crippen molar-refractivity contribution in [1.82, 2.24) is 0 Å². The van der Waals surface area contributed by atoms with Gasteiger partial charge < -0.3 is 10.2 Å². The van der Waals surface area contributed by atoms with E-state index in [1.807, 2.05) is 0 Å². The van der Waals surface area contributed by atoms with Crippen molar-refractivity contribution in [3.63, 3.8) is 0 Å². The summed E-state index contributed by atoms with van der Waals surface area (Å²) in [5.74, 6) is 2.28. The average Bonchev–Trinajstić information content (AvgIpc) is 2.06. The van der Waals surface area contributed by atoms with Gasteiger partial charge in [-0.1, -0.05) is 32.1 Å². The summed E-state index contributed by atoms with van der Waals surface area (Å²) in [7, 11) is 0. The lowest BCUT2D eigenvalue weighted by Crippen LogP contribution is -2.00. The summed E-state index contributed by atoms with van der Waals surface area (Å²) in [5, 5.41) is 15.9. The maximum Gasteiger partial charge on any atom is 0.114 e. The van der Waals surface area contributed by atoms with Crippen LogP contribution in [0.15, 0.2) is 0 Å². The molecule has 0 radical (unpaired) electrons. The van der Waals surface area contributed by atoms with Crippen molar-refractivity contribution in [3.05, 3.63) is 0 Å². The molecule has 0 aliphatic rings. The van der Waals surface area contributed by atoms with Crippen LogP contribution in [-0.2, 0) is 0 Å². The van der Waals surface area contributed by atoms with Gasteiger partial charge in [0.1, 0.15) is 12.2 Å². The Morgan fingerprint density at radius 2 is 1.83 bits per heavy atom. The third kappa shape index (κ3) is 15.9. The van der Waals surface area contributed by atoms with Crippen LogP contribution in [0.2, 0.25) is 0 Å². The lowest BCUT2D eigenvalue weighted by atomic mass is 10.1. The number of terminal acetylenes is 2. The number of hydrogen-bond donors (Lipinski definition) is 2. The zero-order valence-corrected chi connectivity index (χ0v) is 7.45. The van der Waals surface area contributed by atoms with Crippen LogP contribution in [0.4, 0.5) is 0 Å².